The number of carbonyl (C=O) groups excluding carboxylic acids is 1. The fraction of sp³-hybridized carbons (Fsp3) is 0.500. The van der Waals surface area contributed by atoms with E-state index in [-0.39, 0.29) is 34.5 Å². The summed E-state index contributed by atoms with van der Waals surface area (Å²) in [6, 6.07) is 14.6. The average molecular weight is 518 g/mol. The van der Waals surface area contributed by atoms with Gasteiger partial charge in [-0.05, 0) is 67.2 Å². The van der Waals surface area contributed by atoms with Crippen LogP contribution in [0, 0.1) is 17.2 Å². The lowest BCUT2D eigenvalue weighted by Gasteiger charge is -2.49. The SMILES string of the molecule is N[C@@H]1CCN(C(=O)N2CCC(Cc3nc4ccc(F)cc4c(=O)[nH]3)C3(CCCC3)C2)[C@H](c2ccccc2)C1. The zero-order chi connectivity index (χ0) is 26.3. The Hall–Kier alpha value is -3.26. The molecule has 3 fully saturated rings. The Bertz CT molecular complexity index is 1370. The quantitative estimate of drug-likeness (QED) is 0.523. The summed E-state index contributed by atoms with van der Waals surface area (Å²) < 4.78 is 13.6. The first-order valence-electron chi connectivity index (χ1n) is 14.0. The molecule has 6 rings (SSSR count). The third-order valence-electron chi connectivity index (χ3n) is 9.22. The molecular weight excluding hydrogens is 481 g/mol. The van der Waals surface area contributed by atoms with Gasteiger partial charge in [-0.25, -0.2) is 14.2 Å². The number of nitrogens with one attached hydrogen (secondary N) is 1. The molecule has 3 heterocycles. The largest absolute Gasteiger partial charge is 0.328 e. The number of hydrogen-bond acceptors (Lipinski definition) is 4. The van der Waals surface area contributed by atoms with Crippen molar-refractivity contribution in [2.24, 2.45) is 17.1 Å². The van der Waals surface area contributed by atoms with E-state index in [0.29, 0.717) is 36.8 Å². The number of carbonyl (C=O) groups is 1. The molecule has 3 N–H and O–H groups in total. The van der Waals surface area contributed by atoms with Crippen molar-refractivity contribution in [1.82, 2.24) is 19.8 Å². The molecule has 3 aliphatic rings. The van der Waals surface area contributed by atoms with Crippen molar-refractivity contribution >= 4 is 16.9 Å². The summed E-state index contributed by atoms with van der Waals surface area (Å²) in [5.41, 5.74) is 7.74. The predicted octanol–water partition coefficient (Wildman–Crippen LogP) is 4.77. The number of piperidine rings is 2. The molecule has 2 amide bonds. The van der Waals surface area contributed by atoms with E-state index in [1.165, 1.54) is 12.1 Å². The fourth-order valence-corrected chi connectivity index (χ4v) is 7.22. The van der Waals surface area contributed by atoms with Gasteiger partial charge in [-0.3, -0.25) is 4.79 Å². The second kappa shape index (κ2) is 10.1. The normalized spacial score (nSPS) is 25.3. The van der Waals surface area contributed by atoms with Crippen LogP contribution >= 0.6 is 0 Å². The molecule has 2 saturated heterocycles. The highest BCUT2D eigenvalue weighted by atomic mass is 19.1. The summed E-state index contributed by atoms with van der Waals surface area (Å²) >= 11 is 0. The Labute approximate surface area is 222 Å². The van der Waals surface area contributed by atoms with Crippen LogP contribution < -0.4 is 11.3 Å². The van der Waals surface area contributed by atoms with E-state index in [4.69, 9.17) is 5.73 Å². The van der Waals surface area contributed by atoms with Crippen LogP contribution in [0.3, 0.4) is 0 Å². The molecule has 3 aromatic rings. The van der Waals surface area contributed by atoms with Gasteiger partial charge in [-0.2, -0.15) is 0 Å². The molecule has 1 saturated carbocycles. The number of nitrogens with two attached hydrogens (primary N) is 1. The highest BCUT2D eigenvalue weighted by Crippen LogP contribution is 2.50. The van der Waals surface area contributed by atoms with Gasteiger partial charge in [0, 0.05) is 32.1 Å². The summed E-state index contributed by atoms with van der Waals surface area (Å²) in [5.74, 6) is 0.541. The van der Waals surface area contributed by atoms with Gasteiger partial charge in [-0.1, -0.05) is 43.2 Å². The van der Waals surface area contributed by atoms with E-state index in [0.717, 1.165) is 57.1 Å². The summed E-state index contributed by atoms with van der Waals surface area (Å²) in [6.45, 7) is 2.11. The minimum Gasteiger partial charge on any atom is -0.328 e. The molecule has 200 valence electrons. The summed E-state index contributed by atoms with van der Waals surface area (Å²) in [5, 5.41) is 0.277. The molecule has 2 aromatic carbocycles. The van der Waals surface area contributed by atoms with Crippen LogP contribution in [0.25, 0.3) is 10.9 Å². The lowest BCUT2D eigenvalue weighted by Crippen LogP contribution is -2.56. The van der Waals surface area contributed by atoms with E-state index < -0.39 is 5.82 Å². The van der Waals surface area contributed by atoms with E-state index in [1.54, 1.807) is 6.07 Å². The number of benzene rings is 2. The molecular formula is C30H36FN5O2. The van der Waals surface area contributed by atoms with E-state index in [9.17, 15) is 14.0 Å². The van der Waals surface area contributed by atoms with Crippen LogP contribution in [-0.4, -0.2) is 51.5 Å². The molecule has 1 spiro atoms. The molecule has 1 aliphatic carbocycles. The van der Waals surface area contributed by atoms with E-state index >= 15 is 0 Å². The van der Waals surface area contributed by atoms with Crippen LogP contribution in [-0.2, 0) is 6.42 Å². The number of amides is 2. The molecule has 38 heavy (non-hydrogen) atoms. The highest BCUT2D eigenvalue weighted by molar-refractivity contribution is 5.77. The fourth-order valence-electron chi connectivity index (χ4n) is 7.22. The lowest BCUT2D eigenvalue weighted by molar-refractivity contribution is 0.0282. The Kier molecular flexibility index (Phi) is 6.68. The molecule has 7 nitrogen and oxygen atoms in total. The number of rotatable bonds is 3. The second-order valence-corrected chi connectivity index (χ2v) is 11.5. The summed E-state index contributed by atoms with van der Waals surface area (Å²) in [6.07, 6.45) is 7.62. The molecule has 2 aliphatic heterocycles. The van der Waals surface area contributed by atoms with Crippen molar-refractivity contribution in [3.05, 3.63) is 76.1 Å². The number of H-pyrrole nitrogens is 1. The van der Waals surface area contributed by atoms with Gasteiger partial charge >= 0.3 is 6.03 Å². The van der Waals surface area contributed by atoms with Crippen LogP contribution in [0.5, 0.6) is 0 Å². The van der Waals surface area contributed by atoms with Gasteiger partial charge in [0.2, 0.25) is 0 Å². The molecule has 1 unspecified atom stereocenters. The van der Waals surface area contributed by atoms with E-state index in [2.05, 4.69) is 27.0 Å². The van der Waals surface area contributed by atoms with Crippen LogP contribution in [0.1, 0.15) is 62.4 Å². The Morgan fingerprint density at radius 2 is 1.89 bits per heavy atom. The van der Waals surface area contributed by atoms with Gasteiger partial charge in [0.25, 0.3) is 5.56 Å². The number of halogens is 1. The predicted molar refractivity (Wildman–Crippen MR) is 145 cm³/mol. The third-order valence-corrected chi connectivity index (χ3v) is 9.22. The molecule has 8 heteroatoms. The number of aromatic amines is 1. The van der Waals surface area contributed by atoms with E-state index in [1.807, 2.05) is 23.1 Å². The topological polar surface area (TPSA) is 95.3 Å². The maximum Gasteiger partial charge on any atom is 0.320 e. The Balaban J connectivity index is 1.22. The smallest absolute Gasteiger partial charge is 0.320 e. The molecule has 1 aromatic heterocycles. The van der Waals surface area contributed by atoms with Gasteiger partial charge < -0.3 is 20.5 Å². The van der Waals surface area contributed by atoms with Crippen molar-refractivity contribution in [1.29, 1.82) is 0 Å². The maximum atomic E-state index is 14.0. The van der Waals surface area contributed by atoms with Gasteiger partial charge in [0.1, 0.15) is 11.6 Å². The number of nitrogens with zero attached hydrogens (tertiary/aromatic N) is 3. The lowest BCUT2D eigenvalue weighted by atomic mass is 9.68. The third kappa shape index (κ3) is 4.70. The standard InChI is InChI=1S/C30H36FN5O2/c31-22-8-9-25-24(17-22)28(37)34-27(33-25)16-21-10-14-35(19-30(21)12-4-5-13-30)29(38)36-15-11-23(32)18-26(36)20-6-2-1-3-7-20/h1-3,6-9,17,21,23,26H,4-5,10-16,18-19,32H2,(H,33,34,37)/t21?,23-,26+/m1/s1. The van der Waals surface area contributed by atoms with Gasteiger partial charge in [-0.15, -0.1) is 0 Å². The zero-order valence-corrected chi connectivity index (χ0v) is 21.7. The Morgan fingerprint density at radius 1 is 1.11 bits per heavy atom. The highest BCUT2D eigenvalue weighted by Gasteiger charge is 2.47. The first-order chi connectivity index (χ1) is 18.4. The maximum absolute atomic E-state index is 14.0. The molecule has 0 radical (unpaired) electrons. The van der Waals surface area contributed by atoms with Crippen LogP contribution in [0.15, 0.2) is 53.3 Å². The van der Waals surface area contributed by atoms with Crippen molar-refractivity contribution in [2.45, 2.75) is 63.5 Å². The van der Waals surface area contributed by atoms with Crippen LogP contribution in [0.2, 0.25) is 0 Å². The van der Waals surface area contributed by atoms with Crippen molar-refractivity contribution in [2.75, 3.05) is 19.6 Å². The number of urea groups is 1. The Morgan fingerprint density at radius 3 is 2.68 bits per heavy atom. The van der Waals surface area contributed by atoms with Crippen molar-refractivity contribution < 1.29 is 9.18 Å². The van der Waals surface area contributed by atoms with Crippen molar-refractivity contribution in [3.63, 3.8) is 0 Å². The van der Waals surface area contributed by atoms with Gasteiger partial charge in [0.15, 0.2) is 0 Å². The first-order valence-corrected chi connectivity index (χ1v) is 14.0. The van der Waals surface area contributed by atoms with Crippen molar-refractivity contribution in [3.8, 4) is 0 Å². The molecule has 3 atom stereocenters. The minimum absolute atomic E-state index is 0.00131. The summed E-state index contributed by atoms with van der Waals surface area (Å²) in [4.78, 5) is 38.4. The number of aromatic nitrogens is 2. The number of fused-ring (bicyclic) bond motifs is 1. The average Bonchev–Trinajstić information content (AvgIpc) is 3.39. The van der Waals surface area contributed by atoms with Gasteiger partial charge in [0.05, 0.1) is 16.9 Å². The second-order valence-electron chi connectivity index (χ2n) is 11.5. The number of likely N-dealkylation sites (tertiary alicyclic amines) is 2. The summed E-state index contributed by atoms with van der Waals surface area (Å²) in [7, 11) is 0. The monoisotopic (exact) mass is 517 g/mol. The van der Waals surface area contributed by atoms with Crippen LogP contribution in [0.4, 0.5) is 9.18 Å². The first kappa shape index (κ1) is 25.0. The minimum atomic E-state index is -0.440. The number of hydrogen-bond donors (Lipinski definition) is 2. The molecule has 0 bridgehead atoms. The zero-order valence-electron chi connectivity index (χ0n) is 21.7.